The average Bonchev–Trinajstić information content (AvgIpc) is 4.20. The zero-order valence-electron chi connectivity index (χ0n) is 38.5. The molecule has 4 amide bonds. The molecule has 0 N–H and O–H groups in total. The van der Waals surface area contributed by atoms with Crippen LogP contribution in [0.3, 0.4) is 0 Å². The van der Waals surface area contributed by atoms with Crippen LogP contribution in [0.15, 0.2) is 66.9 Å². The van der Waals surface area contributed by atoms with E-state index in [0.29, 0.717) is 29.0 Å². The molecule has 0 radical (unpaired) electrons. The van der Waals surface area contributed by atoms with Gasteiger partial charge < -0.3 is 19.6 Å². The van der Waals surface area contributed by atoms with Crippen LogP contribution in [0.1, 0.15) is 137 Å². The maximum absolute atomic E-state index is 13.3. The number of thiophene rings is 1. The summed E-state index contributed by atoms with van der Waals surface area (Å²) < 4.78 is 0. The first-order chi connectivity index (χ1) is 31.7. The molecular formula is C52H67N7O4S2. The van der Waals surface area contributed by atoms with Gasteiger partial charge in [-0.3, -0.25) is 29.0 Å². The zero-order chi connectivity index (χ0) is 44.9. The third-order valence-electron chi connectivity index (χ3n) is 14.9. The largest absolute Gasteiger partial charge is 0.338 e. The Kier molecular flexibility index (Phi) is 14.8. The number of likely N-dealkylation sites (tertiary alicyclic amines) is 6. The standard InChI is InChI=1S/C27H35N3O2S.C25H32N4O2S/c1-20-7-5-17-29(20)19-23-8-6-18-30(23)26(31)22-11-9-21(10-12-22)24-13-14-25(33-24)27(32)28-15-3-2-4-16-28;1-18-6-4-14-28(18)17-21-7-5-15-29(21)24(30)20-10-8-19(9-11-20)23-26-16-22(32-23)25(31)27-12-2-3-13-27/h9-14,20,23H,2-8,15-19H2,1H3;8-11,16,18,21H,2-7,12-15,17H2,1H3/t20-,23+;18-,21+/m11/s1. The van der Waals surface area contributed by atoms with Crippen LogP contribution in [0.4, 0.5) is 0 Å². The molecule has 65 heavy (non-hydrogen) atoms. The number of hydrogen-bond acceptors (Lipinski definition) is 9. The van der Waals surface area contributed by atoms with Crippen molar-refractivity contribution in [1.29, 1.82) is 0 Å². The quantitative estimate of drug-likeness (QED) is 0.156. The van der Waals surface area contributed by atoms with E-state index in [0.717, 1.165) is 154 Å². The number of carbonyl (C=O) groups is 4. The summed E-state index contributed by atoms with van der Waals surface area (Å²) in [7, 11) is 0. The van der Waals surface area contributed by atoms with E-state index in [4.69, 9.17) is 0 Å². The van der Waals surface area contributed by atoms with E-state index in [2.05, 4.69) is 38.4 Å². The first-order valence-corrected chi connectivity index (χ1v) is 26.3. The molecule has 8 heterocycles. The number of nitrogens with zero attached hydrogens (tertiary/aromatic N) is 7. The van der Waals surface area contributed by atoms with Gasteiger partial charge in [0.25, 0.3) is 23.6 Å². The number of hydrogen-bond donors (Lipinski definition) is 0. The number of thiazole rings is 1. The molecule has 11 nitrogen and oxygen atoms in total. The SMILES string of the molecule is C[C@@H]1CCCN1C[C@@H]1CCCN1C(=O)c1ccc(-c2ccc(C(=O)N3CCCCC3)s2)cc1.C[C@@H]1CCCN1C[C@@H]1CCCN1C(=O)c1ccc(-c2ncc(C(=O)N3CCCC3)s2)cc1. The van der Waals surface area contributed by atoms with Crippen molar-refractivity contribution in [3.8, 4) is 21.0 Å². The molecule has 6 saturated heterocycles. The highest BCUT2D eigenvalue weighted by Gasteiger charge is 2.35. The van der Waals surface area contributed by atoms with Gasteiger partial charge in [0.15, 0.2) is 0 Å². The number of benzene rings is 2. The average molecular weight is 918 g/mol. The monoisotopic (exact) mass is 917 g/mol. The smallest absolute Gasteiger partial charge is 0.265 e. The lowest BCUT2D eigenvalue weighted by Gasteiger charge is -2.30. The molecule has 4 atom stereocenters. The van der Waals surface area contributed by atoms with E-state index in [1.807, 2.05) is 70.5 Å². The lowest BCUT2D eigenvalue weighted by atomic mass is 10.1. The van der Waals surface area contributed by atoms with Gasteiger partial charge in [0, 0.05) is 98.1 Å². The Balaban J connectivity index is 0.000000164. The van der Waals surface area contributed by atoms with Gasteiger partial charge in [0.1, 0.15) is 9.88 Å². The molecule has 10 rings (SSSR count). The second-order valence-electron chi connectivity index (χ2n) is 19.3. The van der Waals surface area contributed by atoms with Crippen molar-refractivity contribution in [1.82, 2.24) is 34.4 Å². The summed E-state index contributed by atoms with van der Waals surface area (Å²) in [6.45, 7) is 14.1. The van der Waals surface area contributed by atoms with Crippen LogP contribution < -0.4 is 0 Å². The van der Waals surface area contributed by atoms with Gasteiger partial charge in [0.05, 0.1) is 11.1 Å². The Hall–Kier alpha value is -4.43. The van der Waals surface area contributed by atoms with Gasteiger partial charge in [-0.25, -0.2) is 4.98 Å². The summed E-state index contributed by atoms with van der Waals surface area (Å²) in [5, 5.41) is 0.827. The molecule has 6 aliphatic heterocycles. The Morgan fingerprint density at radius 2 is 0.969 bits per heavy atom. The highest BCUT2D eigenvalue weighted by atomic mass is 32.1. The lowest BCUT2D eigenvalue weighted by Crippen LogP contribution is -2.44. The molecule has 4 aromatic rings. The molecule has 13 heteroatoms. The lowest BCUT2D eigenvalue weighted by molar-refractivity contribution is 0.0689. The summed E-state index contributed by atoms with van der Waals surface area (Å²) in [4.78, 5) is 72.2. The van der Waals surface area contributed by atoms with Crippen molar-refractivity contribution in [2.75, 3.05) is 65.4 Å². The molecule has 0 unspecified atom stereocenters. The maximum Gasteiger partial charge on any atom is 0.265 e. The molecule has 0 spiro atoms. The fourth-order valence-corrected chi connectivity index (χ4v) is 12.8. The van der Waals surface area contributed by atoms with E-state index in [9.17, 15) is 19.2 Å². The predicted molar refractivity (Wildman–Crippen MR) is 261 cm³/mol. The molecule has 0 aliphatic carbocycles. The first kappa shape index (κ1) is 45.7. The number of piperidine rings is 1. The topological polar surface area (TPSA) is 101 Å². The van der Waals surface area contributed by atoms with Gasteiger partial charge in [-0.15, -0.1) is 22.7 Å². The summed E-state index contributed by atoms with van der Waals surface area (Å²) in [5.41, 5.74) is 3.52. The van der Waals surface area contributed by atoms with Crippen molar-refractivity contribution in [2.24, 2.45) is 0 Å². The molecule has 2 aromatic carbocycles. The Labute approximate surface area is 393 Å². The Bertz CT molecular complexity index is 2260. The van der Waals surface area contributed by atoms with Crippen molar-refractivity contribution < 1.29 is 19.2 Å². The Morgan fingerprint density at radius 3 is 1.48 bits per heavy atom. The third-order valence-corrected chi connectivity index (χ3v) is 17.1. The van der Waals surface area contributed by atoms with E-state index in [1.165, 1.54) is 43.4 Å². The van der Waals surface area contributed by atoms with Gasteiger partial charge in [-0.1, -0.05) is 24.3 Å². The third kappa shape index (κ3) is 10.6. The van der Waals surface area contributed by atoms with Crippen LogP contribution in [-0.2, 0) is 0 Å². The molecular weight excluding hydrogens is 851 g/mol. The maximum atomic E-state index is 13.3. The summed E-state index contributed by atoms with van der Waals surface area (Å²) >= 11 is 2.99. The van der Waals surface area contributed by atoms with Crippen LogP contribution in [-0.4, -0.2) is 148 Å². The summed E-state index contributed by atoms with van der Waals surface area (Å²) in [6, 6.07) is 21.6. The fourth-order valence-electron chi connectivity index (χ4n) is 11.0. The minimum absolute atomic E-state index is 0.0884. The van der Waals surface area contributed by atoms with Gasteiger partial charge >= 0.3 is 0 Å². The van der Waals surface area contributed by atoms with E-state index < -0.39 is 0 Å². The van der Waals surface area contributed by atoms with Crippen molar-refractivity contribution in [3.63, 3.8) is 0 Å². The molecule has 0 saturated carbocycles. The van der Waals surface area contributed by atoms with Crippen molar-refractivity contribution >= 4 is 46.3 Å². The molecule has 6 aliphatic rings. The van der Waals surface area contributed by atoms with Crippen LogP contribution in [0, 0.1) is 0 Å². The number of amides is 4. The molecule has 6 fully saturated rings. The van der Waals surface area contributed by atoms with Crippen LogP contribution >= 0.6 is 22.7 Å². The zero-order valence-corrected chi connectivity index (χ0v) is 40.1. The molecule has 0 bridgehead atoms. The minimum Gasteiger partial charge on any atom is -0.338 e. The fraction of sp³-hybridized carbons (Fsp3) is 0.558. The number of aromatic nitrogens is 1. The van der Waals surface area contributed by atoms with Crippen LogP contribution in [0.25, 0.3) is 21.0 Å². The van der Waals surface area contributed by atoms with Crippen LogP contribution in [0.5, 0.6) is 0 Å². The minimum atomic E-state index is 0.0884. The second kappa shape index (κ2) is 21.0. The summed E-state index contributed by atoms with van der Waals surface area (Å²) in [5.74, 6) is 0.536. The normalized spacial score (nSPS) is 23.9. The van der Waals surface area contributed by atoms with Crippen molar-refractivity contribution in [3.05, 3.63) is 87.7 Å². The number of carbonyl (C=O) groups excluding carboxylic acids is 4. The number of rotatable bonds is 10. The molecule has 2 aromatic heterocycles. The van der Waals surface area contributed by atoms with E-state index in [1.54, 1.807) is 17.5 Å². The van der Waals surface area contributed by atoms with Gasteiger partial charge in [0.2, 0.25) is 0 Å². The van der Waals surface area contributed by atoms with Gasteiger partial charge in [-0.2, -0.15) is 0 Å². The first-order valence-electron chi connectivity index (χ1n) is 24.7. The van der Waals surface area contributed by atoms with Gasteiger partial charge in [-0.05, 0) is 152 Å². The highest BCUT2D eigenvalue weighted by Crippen LogP contribution is 2.32. The summed E-state index contributed by atoms with van der Waals surface area (Å²) in [6.07, 6.45) is 16.8. The van der Waals surface area contributed by atoms with Crippen LogP contribution in [0.2, 0.25) is 0 Å². The Morgan fingerprint density at radius 1 is 0.492 bits per heavy atom. The van der Waals surface area contributed by atoms with E-state index in [-0.39, 0.29) is 23.6 Å². The molecule has 346 valence electrons. The predicted octanol–water partition coefficient (Wildman–Crippen LogP) is 9.27. The van der Waals surface area contributed by atoms with E-state index >= 15 is 0 Å². The van der Waals surface area contributed by atoms with Crippen molar-refractivity contribution in [2.45, 2.75) is 121 Å². The second-order valence-corrected chi connectivity index (χ2v) is 21.4. The highest BCUT2D eigenvalue weighted by molar-refractivity contribution is 7.17.